The van der Waals surface area contributed by atoms with E-state index in [9.17, 15) is 4.79 Å². The molecule has 0 spiro atoms. The largest absolute Gasteiger partial charge is 0.424 e. The van der Waals surface area contributed by atoms with Crippen molar-refractivity contribution in [2.75, 3.05) is 25.0 Å². The molecule has 0 radical (unpaired) electrons. The molecule has 5 nitrogen and oxygen atoms in total. The molecule has 1 amide bonds. The first-order chi connectivity index (χ1) is 9.33. The molecule has 0 atom stereocenters. The molecule has 5 heteroatoms. The van der Waals surface area contributed by atoms with Gasteiger partial charge in [-0.15, -0.1) is 0 Å². The fourth-order valence-electron chi connectivity index (χ4n) is 2.35. The van der Waals surface area contributed by atoms with E-state index in [1.165, 1.54) is 0 Å². The molecule has 2 aromatic rings. The van der Waals surface area contributed by atoms with Crippen LogP contribution in [0.25, 0.3) is 11.1 Å². The molecule has 100 valence electrons. The van der Waals surface area contributed by atoms with E-state index in [0.29, 0.717) is 19.0 Å². The van der Waals surface area contributed by atoms with Crippen molar-refractivity contribution < 1.29 is 9.21 Å². The second-order valence-electron chi connectivity index (χ2n) is 4.75. The first kappa shape index (κ1) is 12.0. The van der Waals surface area contributed by atoms with Gasteiger partial charge in [-0.1, -0.05) is 12.1 Å². The van der Waals surface area contributed by atoms with E-state index in [1.807, 2.05) is 29.2 Å². The van der Waals surface area contributed by atoms with Crippen molar-refractivity contribution >= 4 is 23.0 Å². The summed E-state index contributed by atoms with van der Waals surface area (Å²) in [7, 11) is 0. The molecule has 1 aromatic carbocycles. The lowest BCUT2D eigenvalue weighted by Gasteiger charge is -2.14. The molecule has 1 aliphatic heterocycles. The second-order valence-corrected chi connectivity index (χ2v) is 4.75. The lowest BCUT2D eigenvalue weighted by Crippen LogP contribution is -2.29. The number of nitrogens with one attached hydrogen (secondary N) is 1. The second kappa shape index (κ2) is 5.30. The van der Waals surface area contributed by atoms with Gasteiger partial charge in [0.05, 0.1) is 0 Å². The molecule has 0 unspecified atom stereocenters. The number of carbonyl (C=O) groups excluding carboxylic acids is 1. The average Bonchev–Trinajstić information content (AvgIpc) is 3.07. The lowest BCUT2D eigenvalue weighted by atomic mass is 10.3. The van der Waals surface area contributed by atoms with E-state index in [1.54, 1.807) is 0 Å². The zero-order valence-electron chi connectivity index (χ0n) is 10.8. The van der Waals surface area contributed by atoms with Crippen LogP contribution in [0, 0.1) is 0 Å². The van der Waals surface area contributed by atoms with Gasteiger partial charge in [0.1, 0.15) is 5.52 Å². The summed E-state index contributed by atoms with van der Waals surface area (Å²) in [5, 5.41) is 3.06. The number of rotatable bonds is 4. The molecule has 1 saturated heterocycles. The Labute approximate surface area is 111 Å². The first-order valence-corrected chi connectivity index (χ1v) is 6.70. The smallest absolute Gasteiger partial charge is 0.295 e. The summed E-state index contributed by atoms with van der Waals surface area (Å²) in [6, 6.07) is 8.09. The first-order valence-electron chi connectivity index (χ1n) is 6.70. The van der Waals surface area contributed by atoms with Gasteiger partial charge in [-0.2, -0.15) is 4.98 Å². The van der Waals surface area contributed by atoms with Gasteiger partial charge in [0.15, 0.2) is 5.58 Å². The number of fused-ring (bicyclic) bond motifs is 1. The molecule has 1 aliphatic rings. The number of anilines is 1. The normalized spacial score (nSPS) is 15.1. The quantitative estimate of drug-likeness (QED) is 0.915. The van der Waals surface area contributed by atoms with Crippen LogP contribution in [0.1, 0.15) is 19.3 Å². The zero-order chi connectivity index (χ0) is 13.1. The Morgan fingerprint density at radius 2 is 2.11 bits per heavy atom. The fraction of sp³-hybridized carbons (Fsp3) is 0.429. The highest BCUT2D eigenvalue weighted by molar-refractivity contribution is 5.77. The van der Waals surface area contributed by atoms with Crippen LogP contribution in [-0.2, 0) is 4.79 Å². The SMILES string of the molecule is O=C(CCNc1nc2ccccc2o1)N1CCCC1. The van der Waals surface area contributed by atoms with E-state index in [0.717, 1.165) is 37.0 Å². The summed E-state index contributed by atoms with van der Waals surface area (Å²) in [6.07, 6.45) is 2.74. The molecule has 0 bridgehead atoms. The van der Waals surface area contributed by atoms with E-state index in [2.05, 4.69) is 10.3 Å². The van der Waals surface area contributed by atoms with Gasteiger partial charge in [0.2, 0.25) is 5.91 Å². The number of hydrogen-bond acceptors (Lipinski definition) is 4. The third-order valence-electron chi connectivity index (χ3n) is 3.37. The molecule has 2 heterocycles. The van der Waals surface area contributed by atoms with Crippen LogP contribution in [0.5, 0.6) is 0 Å². The maximum atomic E-state index is 11.8. The number of carbonyl (C=O) groups is 1. The van der Waals surface area contributed by atoms with Crippen molar-refractivity contribution in [3.63, 3.8) is 0 Å². The summed E-state index contributed by atoms with van der Waals surface area (Å²) < 4.78 is 5.53. The zero-order valence-corrected chi connectivity index (χ0v) is 10.8. The van der Waals surface area contributed by atoms with E-state index < -0.39 is 0 Å². The van der Waals surface area contributed by atoms with Crippen molar-refractivity contribution in [2.24, 2.45) is 0 Å². The minimum absolute atomic E-state index is 0.209. The van der Waals surface area contributed by atoms with E-state index >= 15 is 0 Å². The van der Waals surface area contributed by atoms with Crippen molar-refractivity contribution in [1.29, 1.82) is 0 Å². The van der Waals surface area contributed by atoms with Crippen LogP contribution < -0.4 is 5.32 Å². The predicted molar refractivity (Wildman–Crippen MR) is 72.9 cm³/mol. The van der Waals surface area contributed by atoms with Crippen LogP contribution >= 0.6 is 0 Å². The Morgan fingerprint density at radius 3 is 2.89 bits per heavy atom. The molecule has 1 fully saturated rings. The Hall–Kier alpha value is -2.04. The summed E-state index contributed by atoms with van der Waals surface area (Å²) in [5.41, 5.74) is 1.59. The summed E-state index contributed by atoms with van der Waals surface area (Å²) in [5.74, 6) is 0.209. The third kappa shape index (κ3) is 2.70. The highest BCUT2D eigenvalue weighted by Crippen LogP contribution is 2.18. The molecular weight excluding hydrogens is 242 g/mol. The summed E-state index contributed by atoms with van der Waals surface area (Å²) >= 11 is 0. The topological polar surface area (TPSA) is 58.4 Å². The number of hydrogen-bond donors (Lipinski definition) is 1. The maximum absolute atomic E-state index is 11.8. The van der Waals surface area contributed by atoms with Gasteiger partial charge in [-0.05, 0) is 25.0 Å². The Morgan fingerprint density at radius 1 is 1.32 bits per heavy atom. The molecule has 0 aliphatic carbocycles. The van der Waals surface area contributed by atoms with Crippen LogP contribution in [0.4, 0.5) is 6.01 Å². The number of amides is 1. The van der Waals surface area contributed by atoms with Crippen molar-refractivity contribution in [3.8, 4) is 0 Å². The Kier molecular flexibility index (Phi) is 3.35. The van der Waals surface area contributed by atoms with Gasteiger partial charge < -0.3 is 14.6 Å². The number of oxazole rings is 1. The van der Waals surface area contributed by atoms with Crippen molar-refractivity contribution in [3.05, 3.63) is 24.3 Å². The van der Waals surface area contributed by atoms with Crippen LogP contribution in [0.2, 0.25) is 0 Å². The number of likely N-dealkylation sites (tertiary alicyclic amines) is 1. The third-order valence-corrected chi connectivity index (χ3v) is 3.37. The standard InChI is InChI=1S/C14H17N3O2/c18-13(17-9-3-4-10-17)7-8-15-14-16-11-5-1-2-6-12(11)19-14/h1-2,5-6H,3-4,7-10H2,(H,15,16). The van der Waals surface area contributed by atoms with Crippen LogP contribution in [0.15, 0.2) is 28.7 Å². The number of aromatic nitrogens is 1. The molecule has 0 saturated carbocycles. The lowest BCUT2D eigenvalue weighted by molar-refractivity contribution is -0.129. The minimum atomic E-state index is 0.209. The van der Waals surface area contributed by atoms with E-state index in [-0.39, 0.29) is 5.91 Å². The van der Waals surface area contributed by atoms with Gasteiger partial charge >= 0.3 is 0 Å². The summed E-state index contributed by atoms with van der Waals surface area (Å²) in [4.78, 5) is 18.1. The summed E-state index contributed by atoms with van der Waals surface area (Å²) in [6.45, 7) is 2.37. The van der Waals surface area contributed by atoms with Crippen LogP contribution in [-0.4, -0.2) is 35.4 Å². The number of nitrogens with zero attached hydrogens (tertiary/aromatic N) is 2. The maximum Gasteiger partial charge on any atom is 0.295 e. The highest BCUT2D eigenvalue weighted by atomic mass is 16.4. The van der Waals surface area contributed by atoms with Gasteiger partial charge in [-0.3, -0.25) is 4.79 Å². The van der Waals surface area contributed by atoms with Gasteiger partial charge in [0, 0.05) is 26.1 Å². The van der Waals surface area contributed by atoms with Crippen molar-refractivity contribution in [2.45, 2.75) is 19.3 Å². The molecular formula is C14H17N3O2. The highest BCUT2D eigenvalue weighted by Gasteiger charge is 2.17. The van der Waals surface area contributed by atoms with Gasteiger partial charge in [-0.25, -0.2) is 0 Å². The molecule has 1 aromatic heterocycles. The Bertz CT molecular complexity index is 540. The monoisotopic (exact) mass is 259 g/mol. The minimum Gasteiger partial charge on any atom is -0.424 e. The molecule has 3 rings (SSSR count). The van der Waals surface area contributed by atoms with Crippen molar-refractivity contribution in [1.82, 2.24) is 9.88 Å². The molecule has 19 heavy (non-hydrogen) atoms. The fourth-order valence-corrected chi connectivity index (χ4v) is 2.35. The predicted octanol–water partition coefficient (Wildman–Crippen LogP) is 2.25. The number of benzene rings is 1. The average molecular weight is 259 g/mol. The Balaban J connectivity index is 1.53. The molecule has 1 N–H and O–H groups in total. The van der Waals surface area contributed by atoms with Crippen LogP contribution in [0.3, 0.4) is 0 Å². The van der Waals surface area contributed by atoms with Gasteiger partial charge in [0.25, 0.3) is 6.01 Å². The number of para-hydroxylation sites is 2. The van der Waals surface area contributed by atoms with E-state index in [4.69, 9.17) is 4.42 Å².